The van der Waals surface area contributed by atoms with Gasteiger partial charge in [0, 0.05) is 13.5 Å². The summed E-state index contributed by atoms with van der Waals surface area (Å²) >= 11 is 1.53. The minimum Gasteiger partial charge on any atom is -0.493 e. The van der Waals surface area contributed by atoms with Gasteiger partial charge < -0.3 is 23.5 Å². The smallest absolute Gasteiger partial charge is 0.303 e. The molecule has 3 rings (SSSR count). The molecule has 1 fully saturated rings. The number of rotatable bonds is 8. The van der Waals surface area contributed by atoms with Gasteiger partial charge in [0.25, 0.3) is 0 Å². The Morgan fingerprint density at radius 1 is 1.21 bits per heavy atom. The summed E-state index contributed by atoms with van der Waals surface area (Å²) in [7, 11) is 3.20. The number of carbonyl (C=O) groups excluding carboxylic acids is 2. The van der Waals surface area contributed by atoms with Crippen LogP contribution in [0.25, 0.3) is 0 Å². The van der Waals surface area contributed by atoms with E-state index in [1.165, 1.54) is 18.7 Å². The zero-order chi connectivity index (χ0) is 20.1. The number of hydrogen-bond donors (Lipinski definition) is 0. The van der Waals surface area contributed by atoms with Gasteiger partial charge in [0.2, 0.25) is 5.91 Å². The first-order chi connectivity index (χ1) is 13.5. The van der Waals surface area contributed by atoms with Crippen LogP contribution in [0.4, 0.5) is 0 Å². The molecule has 1 saturated heterocycles. The Balaban J connectivity index is 1.67. The molecule has 0 radical (unpaired) electrons. The van der Waals surface area contributed by atoms with E-state index in [-0.39, 0.29) is 23.9 Å². The predicted molar refractivity (Wildman–Crippen MR) is 104 cm³/mol. The van der Waals surface area contributed by atoms with Crippen LogP contribution < -0.4 is 9.47 Å². The third kappa shape index (κ3) is 4.62. The molecule has 8 heteroatoms. The summed E-state index contributed by atoms with van der Waals surface area (Å²) in [5.41, 5.74) is 1.05. The van der Waals surface area contributed by atoms with E-state index in [0.717, 1.165) is 5.56 Å². The largest absolute Gasteiger partial charge is 0.493 e. The highest BCUT2D eigenvalue weighted by Crippen LogP contribution is 2.39. The van der Waals surface area contributed by atoms with E-state index in [0.29, 0.717) is 41.7 Å². The highest BCUT2D eigenvalue weighted by Gasteiger charge is 2.34. The van der Waals surface area contributed by atoms with Crippen LogP contribution in [-0.2, 0) is 27.4 Å². The van der Waals surface area contributed by atoms with Crippen molar-refractivity contribution in [3.63, 3.8) is 0 Å². The van der Waals surface area contributed by atoms with Gasteiger partial charge in [-0.1, -0.05) is 6.07 Å². The lowest BCUT2D eigenvalue weighted by Crippen LogP contribution is -2.30. The number of carbonyl (C=O) groups is 2. The van der Waals surface area contributed by atoms with E-state index in [2.05, 4.69) is 0 Å². The normalized spacial score (nSPS) is 16.3. The van der Waals surface area contributed by atoms with E-state index in [1.807, 2.05) is 29.2 Å². The molecule has 150 valence electrons. The molecular weight excluding hydrogens is 382 g/mol. The van der Waals surface area contributed by atoms with Crippen molar-refractivity contribution in [1.29, 1.82) is 0 Å². The van der Waals surface area contributed by atoms with Gasteiger partial charge in [-0.25, -0.2) is 0 Å². The molecule has 1 unspecified atom stereocenters. The summed E-state index contributed by atoms with van der Waals surface area (Å²) in [5.74, 6) is 2.72. The topological polar surface area (TPSA) is 78.2 Å². The van der Waals surface area contributed by atoms with Gasteiger partial charge in [-0.15, -0.1) is 11.8 Å². The number of methoxy groups -OCH3 is 2. The summed E-state index contributed by atoms with van der Waals surface area (Å²) in [4.78, 5) is 25.1. The van der Waals surface area contributed by atoms with Crippen molar-refractivity contribution in [3.05, 3.63) is 47.4 Å². The summed E-state index contributed by atoms with van der Waals surface area (Å²) in [6.07, 6.45) is 0.685. The summed E-state index contributed by atoms with van der Waals surface area (Å²) in [6.45, 7) is 2.00. The van der Waals surface area contributed by atoms with Crippen molar-refractivity contribution in [3.8, 4) is 11.5 Å². The molecule has 0 saturated carbocycles. The lowest BCUT2D eigenvalue weighted by Gasteiger charge is -2.22. The van der Waals surface area contributed by atoms with Crippen molar-refractivity contribution in [2.24, 2.45) is 0 Å². The number of hydrogen-bond acceptors (Lipinski definition) is 7. The third-order valence-electron chi connectivity index (χ3n) is 4.40. The Hall–Kier alpha value is -2.61. The van der Waals surface area contributed by atoms with Gasteiger partial charge >= 0.3 is 5.97 Å². The van der Waals surface area contributed by atoms with Gasteiger partial charge in [0.05, 0.1) is 20.0 Å². The Labute approximate surface area is 167 Å². The van der Waals surface area contributed by atoms with Crippen LogP contribution in [0.1, 0.15) is 29.4 Å². The lowest BCUT2D eigenvalue weighted by atomic mass is 10.1. The maximum absolute atomic E-state index is 12.4. The molecule has 28 heavy (non-hydrogen) atoms. The fourth-order valence-corrected chi connectivity index (χ4v) is 4.15. The monoisotopic (exact) mass is 405 g/mol. The minimum atomic E-state index is -0.361. The van der Waals surface area contributed by atoms with Crippen LogP contribution in [-0.4, -0.2) is 43.3 Å². The predicted octanol–water partition coefficient (Wildman–Crippen LogP) is 3.18. The second-order valence-corrected chi connectivity index (χ2v) is 7.34. The maximum atomic E-state index is 12.4. The molecule has 0 bridgehead atoms. The molecule has 1 aromatic carbocycles. The first-order valence-electron chi connectivity index (χ1n) is 8.85. The summed E-state index contributed by atoms with van der Waals surface area (Å²) in [6, 6.07) is 9.35. The molecule has 2 aromatic rings. The zero-order valence-corrected chi connectivity index (χ0v) is 16.9. The molecule has 0 aliphatic carbocycles. The van der Waals surface area contributed by atoms with E-state index < -0.39 is 0 Å². The number of thioether (sulfide) groups is 1. The van der Waals surface area contributed by atoms with Gasteiger partial charge in [0.1, 0.15) is 23.5 Å². The number of furan rings is 1. The van der Waals surface area contributed by atoms with E-state index in [4.69, 9.17) is 18.6 Å². The molecule has 1 aromatic heterocycles. The molecule has 1 atom stereocenters. The van der Waals surface area contributed by atoms with Crippen LogP contribution in [0.5, 0.6) is 11.5 Å². The Morgan fingerprint density at radius 2 is 2.00 bits per heavy atom. The Kier molecular flexibility index (Phi) is 6.51. The van der Waals surface area contributed by atoms with E-state index in [9.17, 15) is 9.59 Å². The second kappa shape index (κ2) is 9.05. The minimum absolute atomic E-state index is 0.0772. The first-order valence-corrected chi connectivity index (χ1v) is 9.90. The molecule has 7 nitrogen and oxygen atoms in total. The SMILES string of the molecule is COc1ccc(CCN2C(=O)CSC2c2ccc(COC(C)=O)o2)cc1OC. The quantitative estimate of drug-likeness (QED) is 0.624. The highest BCUT2D eigenvalue weighted by molar-refractivity contribution is 8.00. The van der Waals surface area contributed by atoms with Crippen LogP contribution >= 0.6 is 11.8 Å². The average Bonchev–Trinajstić information content (AvgIpc) is 3.30. The number of esters is 1. The molecule has 0 spiro atoms. The van der Waals surface area contributed by atoms with Crippen molar-refractivity contribution in [2.75, 3.05) is 26.5 Å². The second-order valence-electron chi connectivity index (χ2n) is 6.27. The van der Waals surface area contributed by atoms with Crippen molar-refractivity contribution >= 4 is 23.6 Å². The molecule has 1 aliphatic heterocycles. The standard InChI is InChI=1S/C20H23NO6S/c1-13(22)26-11-15-5-7-17(27-15)20-21(19(23)12-28-20)9-8-14-4-6-16(24-2)18(10-14)25-3/h4-7,10,20H,8-9,11-12H2,1-3H3. The van der Waals surface area contributed by atoms with Gasteiger partial charge in [-0.3, -0.25) is 9.59 Å². The van der Waals surface area contributed by atoms with E-state index >= 15 is 0 Å². The number of amides is 1. The van der Waals surface area contributed by atoms with Crippen LogP contribution in [0, 0.1) is 0 Å². The van der Waals surface area contributed by atoms with Gasteiger partial charge in [-0.2, -0.15) is 0 Å². The molecular formula is C20H23NO6S. The first kappa shape index (κ1) is 20.1. The van der Waals surface area contributed by atoms with Crippen LogP contribution in [0.15, 0.2) is 34.7 Å². The number of ether oxygens (including phenoxy) is 3. The molecule has 1 aliphatic rings. The highest BCUT2D eigenvalue weighted by atomic mass is 32.2. The third-order valence-corrected chi connectivity index (χ3v) is 5.62. The summed E-state index contributed by atoms with van der Waals surface area (Å²) in [5, 5.41) is -0.182. The zero-order valence-electron chi connectivity index (χ0n) is 16.1. The van der Waals surface area contributed by atoms with E-state index in [1.54, 1.807) is 20.3 Å². The van der Waals surface area contributed by atoms with Gasteiger partial charge in [-0.05, 0) is 36.2 Å². The Bertz CT molecular complexity index is 849. The molecule has 2 heterocycles. The molecule has 0 N–H and O–H groups in total. The van der Waals surface area contributed by atoms with Crippen LogP contribution in [0.3, 0.4) is 0 Å². The van der Waals surface area contributed by atoms with Crippen molar-refractivity contribution in [2.45, 2.75) is 25.3 Å². The Morgan fingerprint density at radius 3 is 2.71 bits per heavy atom. The number of nitrogens with zero attached hydrogens (tertiary/aromatic N) is 1. The summed E-state index contributed by atoms with van der Waals surface area (Å²) < 4.78 is 21.3. The van der Waals surface area contributed by atoms with Crippen LogP contribution in [0.2, 0.25) is 0 Å². The fraction of sp³-hybridized carbons (Fsp3) is 0.400. The molecule has 1 amide bonds. The van der Waals surface area contributed by atoms with Crippen molar-refractivity contribution < 1.29 is 28.2 Å². The average molecular weight is 405 g/mol. The maximum Gasteiger partial charge on any atom is 0.303 e. The van der Waals surface area contributed by atoms with Crippen molar-refractivity contribution in [1.82, 2.24) is 4.90 Å². The van der Waals surface area contributed by atoms with Gasteiger partial charge in [0.15, 0.2) is 11.5 Å². The lowest BCUT2D eigenvalue weighted by molar-refractivity contribution is -0.142. The number of benzene rings is 1. The fourth-order valence-electron chi connectivity index (χ4n) is 2.99.